The molecule has 0 aromatic carbocycles. The lowest BCUT2D eigenvalue weighted by molar-refractivity contribution is 0.0828. The number of morpholine rings is 1. The predicted molar refractivity (Wildman–Crippen MR) is 93.8 cm³/mol. The molecule has 9 nitrogen and oxygen atoms in total. The summed E-state index contributed by atoms with van der Waals surface area (Å²) in [5.41, 5.74) is 2.47. The van der Waals surface area contributed by atoms with Crippen molar-refractivity contribution in [3.8, 4) is 11.4 Å². The Morgan fingerprint density at radius 3 is 2.50 bits per heavy atom. The first-order chi connectivity index (χ1) is 12.8. The summed E-state index contributed by atoms with van der Waals surface area (Å²) in [4.78, 5) is 25.2. The lowest BCUT2D eigenvalue weighted by Gasteiger charge is -2.28. The van der Waals surface area contributed by atoms with E-state index in [2.05, 4.69) is 19.4 Å². The number of rotatable bonds is 2. The van der Waals surface area contributed by atoms with Crippen molar-refractivity contribution in [2.24, 2.45) is 0 Å². The van der Waals surface area contributed by atoms with Crippen LogP contribution in [-0.2, 0) is 22.6 Å². The Morgan fingerprint density at radius 2 is 1.69 bits per heavy atom. The Kier molecular flexibility index (Phi) is 3.75. The van der Waals surface area contributed by atoms with Crippen molar-refractivity contribution in [3.63, 3.8) is 0 Å². The molecule has 0 unspecified atom stereocenters. The van der Waals surface area contributed by atoms with Gasteiger partial charge in [0.15, 0.2) is 22.8 Å². The number of anilines is 1. The molecule has 0 atom stereocenters. The van der Waals surface area contributed by atoms with Gasteiger partial charge < -0.3 is 18.9 Å². The molecule has 0 aliphatic carbocycles. The fraction of sp³-hybridized carbons (Fsp3) is 0.471. The lowest BCUT2D eigenvalue weighted by atomic mass is 10.3. The molecule has 134 valence electrons. The van der Waals surface area contributed by atoms with Gasteiger partial charge in [0.25, 0.3) is 0 Å². The fourth-order valence-corrected chi connectivity index (χ4v) is 3.33. The van der Waals surface area contributed by atoms with Crippen LogP contribution in [0, 0.1) is 6.92 Å². The molecule has 5 heterocycles. The molecule has 5 rings (SSSR count). The molecule has 0 bridgehead atoms. The first kappa shape index (κ1) is 15.6. The highest BCUT2D eigenvalue weighted by Crippen LogP contribution is 2.29. The summed E-state index contributed by atoms with van der Waals surface area (Å²) in [6.07, 6.45) is 3.53. The van der Waals surface area contributed by atoms with Gasteiger partial charge in [-0.15, -0.1) is 0 Å². The van der Waals surface area contributed by atoms with E-state index >= 15 is 0 Å². The highest BCUT2D eigenvalue weighted by Gasteiger charge is 2.24. The van der Waals surface area contributed by atoms with Gasteiger partial charge in [-0.3, -0.25) is 0 Å². The third-order valence-corrected chi connectivity index (χ3v) is 4.70. The molecular weight excluding hydrogens is 334 g/mol. The van der Waals surface area contributed by atoms with Crippen LogP contribution in [0.3, 0.4) is 0 Å². The minimum absolute atomic E-state index is 0.502. The van der Waals surface area contributed by atoms with Crippen LogP contribution in [0.15, 0.2) is 12.4 Å². The van der Waals surface area contributed by atoms with Crippen LogP contribution in [0.4, 0.5) is 5.82 Å². The van der Waals surface area contributed by atoms with Gasteiger partial charge in [-0.25, -0.2) is 24.9 Å². The maximum absolute atomic E-state index is 5.55. The highest BCUT2D eigenvalue weighted by molar-refractivity contribution is 5.86. The SMILES string of the molecule is Cc1ncc(-c2nc(N3CCOCC3)c3nc4n(c3n2)CCOC4)cn1. The number of imidazole rings is 1. The van der Waals surface area contributed by atoms with Crippen LogP contribution in [-0.4, -0.2) is 62.4 Å². The molecule has 9 heteroatoms. The second kappa shape index (κ2) is 6.26. The van der Waals surface area contributed by atoms with Crippen molar-refractivity contribution in [3.05, 3.63) is 24.0 Å². The van der Waals surface area contributed by atoms with Gasteiger partial charge in [-0.2, -0.15) is 0 Å². The Hall–Kier alpha value is -2.65. The number of ether oxygens (including phenoxy) is 2. The van der Waals surface area contributed by atoms with Gasteiger partial charge in [-0.05, 0) is 6.92 Å². The molecule has 3 aromatic heterocycles. The van der Waals surface area contributed by atoms with Crippen LogP contribution in [0.5, 0.6) is 0 Å². The van der Waals surface area contributed by atoms with Crippen LogP contribution in [0.25, 0.3) is 22.6 Å². The van der Waals surface area contributed by atoms with E-state index in [-0.39, 0.29) is 0 Å². The van der Waals surface area contributed by atoms with Crippen molar-refractivity contribution < 1.29 is 9.47 Å². The smallest absolute Gasteiger partial charge is 0.167 e. The van der Waals surface area contributed by atoms with Crippen molar-refractivity contribution in [1.29, 1.82) is 0 Å². The molecule has 0 amide bonds. The summed E-state index contributed by atoms with van der Waals surface area (Å²) in [5, 5.41) is 0. The third kappa shape index (κ3) is 2.60. The van der Waals surface area contributed by atoms with E-state index in [0.717, 1.165) is 53.8 Å². The summed E-state index contributed by atoms with van der Waals surface area (Å²) >= 11 is 0. The Morgan fingerprint density at radius 1 is 0.923 bits per heavy atom. The van der Waals surface area contributed by atoms with Gasteiger partial charge >= 0.3 is 0 Å². The summed E-state index contributed by atoms with van der Waals surface area (Å²) in [6, 6.07) is 0. The van der Waals surface area contributed by atoms with Gasteiger partial charge in [0.05, 0.1) is 25.4 Å². The summed E-state index contributed by atoms with van der Waals surface area (Å²) < 4.78 is 13.2. The predicted octanol–water partition coefficient (Wildman–Crippen LogP) is 0.959. The first-order valence-electron chi connectivity index (χ1n) is 8.76. The summed E-state index contributed by atoms with van der Waals surface area (Å²) in [7, 11) is 0. The van der Waals surface area contributed by atoms with E-state index in [9.17, 15) is 0 Å². The minimum atomic E-state index is 0.502. The van der Waals surface area contributed by atoms with Crippen molar-refractivity contribution in [1.82, 2.24) is 29.5 Å². The maximum Gasteiger partial charge on any atom is 0.167 e. The van der Waals surface area contributed by atoms with Crippen molar-refractivity contribution in [2.75, 3.05) is 37.8 Å². The number of hydrogen-bond donors (Lipinski definition) is 0. The Bertz CT molecular complexity index is 948. The molecule has 0 N–H and O–H groups in total. The van der Waals surface area contributed by atoms with Gasteiger partial charge in [0.1, 0.15) is 18.3 Å². The molecule has 0 spiro atoms. The number of aryl methyl sites for hydroxylation is 1. The largest absolute Gasteiger partial charge is 0.378 e. The van der Waals surface area contributed by atoms with E-state index in [0.29, 0.717) is 32.3 Å². The monoisotopic (exact) mass is 353 g/mol. The van der Waals surface area contributed by atoms with E-state index in [1.54, 1.807) is 12.4 Å². The van der Waals surface area contributed by atoms with Crippen molar-refractivity contribution in [2.45, 2.75) is 20.1 Å². The minimum Gasteiger partial charge on any atom is -0.378 e. The van der Waals surface area contributed by atoms with Gasteiger partial charge in [0.2, 0.25) is 0 Å². The molecule has 3 aromatic rings. The molecular formula is C17H19N7O2. The average Bonchev–Trinajstić information content (AvgIpc) is 3.07. The second-order valence-electron chi connectivity index (χ2n) is 6.39. The standard InChI is InChI=1S/C17H19N7O2/c1-11-18-8-12(9-19-11)15-21-16(23-2-5-25-6-3-23)14-17(22-15)24-4-7-26-10-13(24)20-14/h8-9H,2-7,10H2,1H3. The van der Waals surface area contributed by atoms with Gasteiger partial charge in [-0.1, -0.05) is 0 Å². The molecule has 1 fully saturated rings. The first-order valence-corrected chi connectivity index (χ1v) is 8.76. The number of fused-ring (bicyclic) bond motifs is 3. The molecule has 26 heavy (non-hydrogen) atoms. The fourth-order valence-electron chi connectivity index (χ4n) is 3.33. The number of nitrogens with zero attached hydrogens (tertiary/aromatic N) is 7. The van der Waals surface area contributed by atoms with Crippen molar-refractivity contribution >= 4 is 17.0 Å². The second-order valence-corrected chi connectivity index (χ2v) is 6.39. The quantitative estimate of drug-likeness (QED) is 0.673. The summed E-state index contributed by atoms with van der Waals surface area (Å²) in [5.74, 6) is 3.08. The van der Waals surface area contributed by atoms with Crippen LogP contribution < -0.4 is 4.90 Å². The Balaban J connectivity index is 1.71. The molecule has 1 saturated heterocycles. The van der Waals surface area contributed by atoms with Crippen LogP contribution >= 0.6 is 0 Å². The van der Waals surface area contributed by atoms with E-state index < -0.39 is 0 Å². The zero-order chi connectivity index (χ0) is 17.5. The van der Waals surface area contributed by atoms with Gasteiger partial charge in [0, 0.05) is 32.0 Å². The maximum atomic E-state index is 5.55. The molecule has 0 saturated carbocycles. The number of aromatic nitrogens is 6. The third-order valence-electron chi connectivity index (χ3n) is 4.70. The van der Waals surface area contributed by atoms with E-state index in [1.807, 2.05) is 6.92 Å². The topological polar surface area (TPSA) is 91.1 Å². The average molecular weight is 353 g/mol. The Labute approximate surface area is 150 Å². The summed E-state index contributed by atoms with van der Waals surface area (Å²) in [6.45, 7) is 6.72. The highest BCUT2D eigenvalue weighted by atomic mass is 16.5. The van der Waals surface area contributed by atoms with Crippen LogP contribution in [0.1, 0.15) is 11.6 Å². The normalized spacial score (nSPS) is 17.5. The number of hydrogen-bond acceptors (Lipinski definition) is 8. The molecule has 2 aliphatic rings. The van der Waals surface area contributed by atoms with E-state index in [1.165, 1.54) is 0 Å². The van der Waals surface area contributed by atoms with Crippen LogP contribution in [0.2, 0.25) is 0 Å². The molecule has 2 aliphatic heterocycles. The van der Waals surface area contributed by atoms with E-state index in [4.69, 9.17) is 24.4 Å². The lowest BCUT2D eigenvalue weighted by Crippen LogP contribution is -2.37. The zero-order valence-corrected chi connectivity index (χ0v) is 14.6. The zero-order valence-electron chi connectivity index (χ0n) is 14.6. The molecule has 0 radical (unpaired) electrons.